The van der Waals surface area contributed by atoms with Gasteiger partial charge in [-0.2, -0.15) is 0 Å². The number of thioether (sulfide) groups is 2. The molecule has 2 saturated carbocycles. The van der Waals surface area contributed by atoms with Crippen LogP contribution in [-0.4, -0.2) is 15.6 Å². The van der Waals surface area contributed by atoms with Gasteiger partial charge in [-0.15, -0.1) is 23.5 Å². The maximum absolute atomic E-state index is 2.54. The van der Waals surface area contributed by atoms with Gasteiger partial charge in [0.1, 0.15) is 0 Å². The number of hydrogen-bond donors (Lipinski definition) is 0. The van der Waals surface area contributed by atoms with Crippen molar-refractivity contribution < 1.29 is 0 Å². The molecule has 80 valence electrons. The predicted octanol–water partition coefficient (Wildman–Crippen LogP) is 4.01. The first kappa shape index (κ1) is 9.89. The van der Waals surface area contributed by atoms with Crippen molar-refractivity contribution in [3.05, 3.63) is 0 Å². The first-order valence-corrected chi connectivity index (χ1v) is 7.75. The van der Waals surface area contributed by atoms with E-state index in [2.05, 4.69) is 44.3 Å². The van der Waals surface area contributed by atoms with Crippen LogP contribution < -0.4 is 0 Å². The van der Waals surface area contributed by atoms with Gasteiger partial charge in [-0.25, -0.2) is 0 Å². The molecule has 0 radical (unpaired) electrons. The molecule has 0 aromatic heterocycles. The van der Waals surface area contributed by atoms with E-state index >= 15 is 0 Å². The molecule has 0 aromatic carbocycles. The summed E-state index contributed by atoms with van der Waals surface area (Å²) in [6, 6.07) is 0. The Morgan fingerprint density at radius 3 is 2.14 bits per heavy atom. The van der Waals surface area contributed by atoms with Gasteiger partial charge >= 0.3 is 0 Å². The lowest BCUT2D eigenvalue weighted by atomic mass is 9.71. The van der Waals surface area contributed by atoms with E-state index in [4.69, 9.17) is 0 Å². The Kier molecular flexibility index (Phi) is 1.90. The Morgan fingerprint density at radius 2 is 1.71 bits per heavy atom. The molecular weight excluding hydrogens is 208 g/mol. The maximum atomic E-state index is 2.54. The van der Waals surface area contributed by atoms with Crippen molar-refractivity contribution in [2.24, 2.45) is 16.7 Å². The summed E-state index contributed by atoms with van der Waals surface area (Å²) in [6.07, 6.45) is 4.45. The van der Waals surface area contributed by atoms with Gasteiger partial charge in [0.05, 0.1) is 4.08 Å². The Morgan fingerprint density at radius 1 is 1.07 bits per heavy atom. The Hall–Kier alpha value is 0.700. The van der Waals surface area contributed by atoms with Gasteiger partial charge in [-0.1, -0.05) is 20.8 Å². The quantitative estimate of drug-likeness (QED) is 0.614. The zero-order valence-corrected chi connectivity index (χ0v) is 11.1. The van der Waals surface area contributed by atoms with Gasteiger partial charge in [0.25, 0.3) is 0 Å². The summed E-state index contributed by atoms with van der Waals surface area (Å²) >= 11 is 4.56. The monoisotopic (exact) mass is 228 g/mol. The highest BCUT2D eigenvalue weighted by Gasteiger charge is 2.67. The summed E-state index contributed by atoms with van der Waals surface area (Å²) in [5.74, 6) is 3.78. The highest BCUT2D eigenvalue weighted by molar-refractivity contribution is 8.21. The highest BCUT2D eigenvalue weighted by Crippen LogP contribution is 2.76. The van der Waals surface area contributed by atoms with Crippen LogP contribution in [-0.2, 0) is 0 Å². The first-order chi connectivity index (χ1) is 6.50. The van der Waals surface area contributed by atoms with E-state index < -0.39 is 0 Å². The first-order valence-electron chi connectivity index (χ1n) is 5.78. The normalized spacial score (nSPS) is 47.8. The van der Waals surface area contributed by atoms with Crippen molar-refractivity contribution in [2.45, 2.75) is 44.1 Å². The molecule has 2 heteroatoms. The van der Waals surface area contributed by atoms with E-state index in [0.29, 0.717) is 14.9 Å². The molecule has 2 unspecified atom stereocenters. The SMILES string of the molecule is CC12CCC(C3(C1)SCCS3)C2(C)C. The van der Waals surface area contributed by atoms with Crippen LogP contribution in [0.1, 0.15) is 40.0 Å². The van der Waals surface area contributed by atoms with Gasteiger partial charge in [0, 0.05) is 11.5 Å². The van der Waals surface area contributed by atoms with Crippen LogP contribution in [0, 0.1) is 16.7 Å². The molecule has 1 saturated heterocycles. The summed E-state index contributed by atoms with van der Waals surface area (Å²) in [7, 11) is 0. The maximum Gasteiger partial charge on any atom is 0.0650 e. The van der Waals surface area contributed by atoms with Crippen molar-refractivity contribution in [1.29, 1.82) is 0 Å². The number of rotatable bonds is 0. The van der Waals surface area contributed by atoms with Crippen LogP contribution in [0.4, 0.5) is 0 Å². The summed E-state index contributed by atoms with van der Waals surface area (Å²) in [5.41, 5.74) is 1.24. The van der Waals surface area contributed by atoms with Crippen molar-refractivity contribution in [2.75, 3.05) is 11.5 Å². The topological polar surface area (TPSA) is 0 Å². The lowest BCUT2D eigenvalue weighted by Crippen LogP contribution is -2.29. The van der Waals surface area contributed by atoms with E-state index in [9.17, 15) is 0 Å². The lowest BCUT2D eigenvalue weighted by Gasteiger charge is -2.34. The van der Waals surface area contributed by atoms with Crippen molar-refractivity contribution in [3.8, 4) is 0 Å². The number of hydrogen-bond acceptors (Lipinski definition) is 2. The van der Waals surface area contributed by atoms with Gasteiger partial charge in [-0.3, -0.25) is 0 Å². The van der Waals surface area contributed by atoms with Gasteiger partial charge in [-0.05, 0) is 36.0 Å². The summed E-state index contributed by atoms with van der Waals surface area (Å²) < 4.78 is 0.635. The third-order valence-corrected chi connectivity index (χ3v) is 8.97. The molecule has 1 spiro atoms. The molecule has 2 atom stereocenters. The van der Waals surface area contributed by atoms with Crippen LogP contribution in [0.15, 0.2) is 0 Å². The van der Waals surface area contributed by atoms with Crippen molar-refractivity contribution >= 4 is 23.5 Å². The predicted molar refractivity (Wildman–Crippen MR) is 66.9 cm³/mol. The lowest BCUT2D eigenvalue weighted by molar-refractivity contribution is 0.152. The molecule has 1 aliphatic heterocycles. The van der Waals surface area contributed by atoms with Crippen LogP contribution in [0.3, 0.4) is 0 Å². The molecule has 3 rings (SSSR count). The van der Waals surface area contributed by atoms with Crippen LogP contribution in [0.5, 0.6) is 0 Å². The molecule has 1 heterocycles. The molecule has 2 bridgehead atoms. The fraction of sp³-hybridized carbons (Fsp3) is 1.00. The second-order valence-corrected chi connectivity index (χ2v) is 9.17. The van der Waals surface area contributed by atoms with Gasteiger partial charge in [0.2, 0.25) is 0 Å². The Labute approximate surface area is 96.0 Å². The highest BCUT2D eigenvalue weighted by atomic mass is 32.2. The van der Waals surface area contributed by atoms with Crippen LogP contribution in [0.2, 0.25) is 0 Å². The zero-order chi connectivity index (χ0) is 10.0. The Balaban J connectivity index is 2.02. The molecule has 3 aliphatic rings. The molecule has 2 aliphatic carbocycles. The van der Waals surface area contributed by atoms with Gasteiger partial charge in [0.15, 0.2) is 0 Å². The second kappa shape index (κ2) is 2.68. The molecule has 0 nitrogen and oxygen atoms in total. The smallest absolute Gasteiger partial charge is 0.0650 e. The van der Waals surface area contributed by atoms with Crippen molar-refractivity contribution in [3.63, 3.8) is 0 Å². The minimum atomic E-state index is 0.595. The molecule has 0 aromatic rings. The van der Waals surface area contributed by atoms with E-state index in [1.165, 1.54) is 30.8 Å². The minimum absolute atomic E-state index is 0.595. The molecule has 14 heavy (non-hydrogen) atoms. The van der Waals surface area contributed by atoms with Crippen LogP contribution >= 0.6 is 23.5 Å². The van der Waals surface area contributed by atoms with Crippen LogP contribution in [0.25, 0.3) is 0 Å². The molecule has 0 N–H and O–H groups in total. The fourth-order valence-electron chi connectivity index (χ4n) is 4.09. The summed E-state index contributed by atoms with van der Waals surface area (Å²) in [5, 5.41) is 0. The third-order valence-electron chi connectivity index (χ3n) is 5.36. The number of fused-ring (bicyclic) bond motifs is 3. The minimum Gasteiger partial charge on any atom is -0.143 e. The fourth-order valence-corrected chi connectivity index (χ4v) is 8.35. The largest absolute Gasteiger partial charge is 0.143 e. The van der Waals surface area contributed by atoms with E-state index in [1.807, 2.05) is 0 Å². The summed E-state index contributed by atoms with van der Waals surface area (Å²) in [6.45, 7) is 7.60. The van der Waals surface area contributed by atoms with Gasteiger partial charge < -0.3 is 0 Å². The van der Waals surface area contributed by atoms with E-state index in [-0.39, 0.29) is 0 Å². The summed E-state index contributed by atoms with van der Waals surface area (Å²) in [4.78, 5) is 0. The standard InChI is InChI=1S/C12H20S2/c1-10(2)9-4-5-11(10,3)8-12(9)13-6-7-14-12/h9H,4-8H2,1-3H3. The van der Waals surface area contributed by atoms with E-state index in [1.54, 1.807) is 0 Å². The van der Waals surface area contributed by atoms with Crippen molar-refractivity contribution in [1.82, 2.24) is 0 Å². The average Bonchev–Trinajstić information content (AvgIpc) is 2.64. The Bertz CT molecular complexity index is 263. The second-order valence-electron chi connectivity index (χ2n) is 6.06. The molecule has 3 fully saturated rings. The zero-order valence-electron chi connectivity index (χ0n) is 9.43. The average molecular weight is 228 g/mol. The molecule has 0 amide bonds. The molecular formula is C12H20S2. The van der Waals surface area contributed by atoms with E-state index in [0.717, 1.165) is 5.92 Å². The third kappa shape index (κ3) is 0.953.